The molecule has 1 aliphatic heterocycles. The molecule has 4 rings (SSSR count). The fraction of sp³-hybridized carbons (Fsp3) is 0.292. The van der Waals surface area contributed by atoms with Gasteiger partial charge in [0.1, 0.15) is 5.82 Å². The minimum atomic E-state index is -3.41. The van der Waals surface area contributed by atoms with E-state index in [4.69, 9.17) is 0 Å². The van der Waals surface area contributed by atoms with Crippen LogP contribution in [0.3, 0.4) is 0 Å². The molecule has 0 spiro atoms. The van der Waals surface area contributed by atoms with Crippen LogP contribution in [0.1, 0.15) is 11.1 Å². The fourth-order valence-corrected chi connectivity index (χ4v) is 4.90. The average Bonchev–Trinajstić information content (AvgIpc) is 3.27. The molecule has 2 aromatic carbocycles. The van der Waals surface area contributed by atoms with Crippen molar-refractivity contribution in [3.05, 3.63) is 83.5 Å². The molecule has 0 aliphatic carbocycles. The fourth-order valence-electron chi connectivity index (χ4n) is 3.72. The molecule has 0 unspecified atom stereocenters. The number of aromatic nitrogens is 2. The Kier molecular flexibility index (Phi) is 6.65. The van der Waals surface area contributed by atoms with E-state index in [0.717, 1.165) is 48.7 Å². The van der Waals surface area contributed by atoms with Crippen LogP contribution in [-0.4, -0.2) is 59.9 Å². The summed E-state index contributed by atoms with van der Waals surface area (Å²) in [7, 11) is -3.41. The van der Waals surface area contributed by atoms with Crippen molar-refractivity contribution in [1.82, 2.24) is 18.8 Å². The molecule has 1 aromatic heterocycles. The van der Waals surface area contributed by atoms with Gasteiger partial charge in [0.15, 0.2) is 0 Å². The molecule has 0 bridgehead atoms. The zero-order valence-electron chi connectivity index (χ0n) is 17.8. The van der Waals surface area contributed by atoms with Crippen molar-refractivity contribution in [2.75, 3.05) is 32.7 Å². The van der Waals surface area contributed by atoms with E-state index in [1.54, 1.807) is 10.4 Å². The van der Waals surface area contributed by atoms with Gasteiger partial charge in [-0.05, 0) is 18.6 Å². The van der Waals surface area contributed by atoms with E-state index in [1.165, 1.54) is 5.41 Å². The summed E-state index contributed by atoms with van der Waals surface area (Å²) in [5.74, 6) is 0.961. The predicted molar refractivity (Wildman–Crippen MR) is 125 cm³/mol. The Morgan fingerprint density at radius 2 is 1.65 bits per heavy atom. The molecular formula is C24H28N4O2S. The van der Waals surface area contributed by atoms with Crippen LogP contribution in [0.4, 0.5) is 0 Å². The van der Waals surface area contributed by atoms with E-state index in [2.05, 4.69) is 26.6 Å². The Labute approximate surface area is 184 Å². The molecule has 31 heavy (non-hydrogen) atoms. The van der Waals surface area contributed by atoms with E-state index >= 15 is 0 Å². The highest BCUT2D eigenvalue weighted by Crippen LogP contribution is 2.17. The minimum Gasteiger partial charge on any atom is -0.330 e. The van der Waals surface area contributed by atoms with Crippen molar-refractivity contribution < 1.29 is 8.42 Å². The molecule has 3 aromatic rings. The number of imidazole rings is 1. The predicted octanol–water partition coefficient (Wildman–Crippen LogP) is 3.48. The van der Waals surface area contributed by atoms with Crippen LogP contribution < -0.4 is 0 Å². The quantitative estimate of drug-likeness (QED) is 0.569. The Morgan fingerprint density at radius 1 is 0.935 bits per heavy atom. The summed E-state index contributed by atoms with van der Waals surface area (Å²) in [6, 6.07) is 18.0. The smallest absolute Gasteiger partial charge is 0.236 e. The largest absolute Gasteiger partial charge is 0.330 e. The third-order valence-corrected chi connectivity index (χ3v) is 7.17. The summed E-state index contributed by atoms with van der Waals surface area (Å²) in [5.41, 5.74) is 3.15. The van der Waals surface area contributed by atoms with Crippen LogP contribution in [0, 0.1) is 6.92 Å². The van der Waals surface area contributed by atoms with Crippen molar-refractivity contribution in [2.24, 2.45) is 0 Å². The number of nitrogens with zero attached hydrogens (tertiary/aromatic N) is 4. The Bertz CT molecular complexity index is 1110. The van der Waals surface area contributed by atoms with Gasteiger partial charge in [0.05, 0.1) is 0 Å². The third-order valence-electron chi connectivity index (χ3n) is 5.61. The molecule has 1 fully saturated rings. The van der Waals surface area contributed by atoms with Crippen LogP contribution >= 0.6 is 0 Å². The van der Waals surface area contributed by atoms with Crippen LogP contribution in [0.5, 0.6) is 0 Å². The zero-order chi connectivity index (χ0) is 21.7. The molecule has 0 radical (unpaired) electrons. The standard InChI is InChI=1S/C24H28N4O2S/c1-21-7-9-22(10-8-21)11-20-31(29,30)28-18-15-26(16-19-28)14-17-27-13-12-25-24(27)23-5-3-2-4-6-23/h2-13,20H,14-19H2,1H3/b20-11+. The van der Waals surface area contributed by atoms with E-state index in [0.29, 0.717) is 13.1 Å². The highest BCUT2D eigenvalue weighted by molar-refractivity contribution is 7.92. The van der Waals surface area contributed by atoms with E-state index in [1.807, 2.05) is 61.8 Å². The molecule has 1 saturated heterocycles. The first kappa shape index (κ1) is 21.5. The number of sulfonamides is 1. The normalized spacial score (nSPS) is 16.2. The van der Waals surface area contributed by atoms with Gasteiger partial charge in [0.2, 0.25) is 10.0 Å². The number of aryl methyl sites for hydroxylation is 1. The van der Waals surface area contributed by atoms with Gasteiger partial charge in [0, 0.05) is 62.6 Å². The van der Waals surface area contributed by atoms with Crippen LogP contribution in [0.2, 0.25) is 0 Å². The molecule has 0 amide bonds. The molecule has 0 saturated carbocycles. The number of hydrogen-bond acceptors (Lipinski definition) is 4. The summed E-state index contributed by atoms with van der Waals surface area (Å²) in [6.45, 7) is 6.18. The van der Waals surface area contributed by atoms with Gasteiger partial charge in [-0.25, -0.2) is 13.4 Å². The first-order valence-electron chi connectivity index (χ1n) is 10.5. The molecule has 162 valence electrons. The van der Waals surface area contributed by atoms with E-state index < -0.39 is 10.0 Å². The van der Waals surface area contributed by atoms with Crippen LogP contribution in [0.25, 0.3) is 17.5 Å². The van der Waals surface area contributed by atoms with Gasteiger partial charge in [-0.2, -0.15) is 4.31 Å². The molecule has 7 heteroatoms. The number of piperazine rings is 1. The van der Waals surface area contributed by atoms with Crippen molar-refractivity contribution in [3.8, 4) is 11.4 Å². The van der Waals surface area contributed by atoms with Gasteiger partial charge in [0.25, 0.3) is 0 Å². The first-order chi connectivity index (χ1) is 15.0. The molecular weight excluding hydrogens is 408 g/mol. The van der Waals surface area contributed by atoms with E-state index in [-0.39, 0.29) is 0 Å². The SMILES string of the molecule is Cc1ccc(/C=C/S(=O)(=O)N2CCN(CCn3ccnc3-c3ccccc3)CC2)cc1. The summed E-state index contributed by atoms with van der Waals surface area (Å²) in [6.07, 6.45) is 5.50. The summed E-state index contributed by atoms with van der Waals surface area (Å²) >= 11 is 0. The monoisotopic (exact) mass is 436 g/mol. The highest BCUT2D eigenvalue weighted by atomic mass is 32.2. The lowest BCUT2D eigenvalue weighted by molar-refractivity contribution is 0.184. The topological polar surface area (TPSA) is 58.4 Å². The zero-order valence-corrected chi connectivity index (χ0v) is 18.6. The van der Waals surface area contributed by atoms with Gasteiger partial charge in [-0.3, -0.25) is 4.90 Å². The third kappa shape index (κ3) is 5.50. The molecule has 0 N–H and O–H groups in total. The highest BCUT2D eigenvalue weighted by Gasteiger charge is 2.24. The van der Waals surface area contributed by atoms with Crippen molar-refractivity contribution >= 4 is 16.1 Å². The maximum atomic E-state index is 12.7. The molecule has 1 aliphatic rings. The lowest BCUT2D eigenvalue weighted by Gasteiger charge is -2.33. The second kappa shape index (κ2) is 9.60. The average molecular weight is 437 g/mol. The van der Waals surface area contributed by atoms with E-state index in [9.17, 15) is 8.42 Å². The van der Waals surface area contributed by atoms with Crippen LogP contribution in [0.15, 0.2) is 72.4 Å². The van der Waals surface area contributed by atoms with Crippen LogP contribution in [-0.2, 0) is 16.6 Å². The summed E-state index contributed by atoms with van der Waals surface area (Å²) in [4.78, 5) is 6.80. The summed E-state index contributed by atoms with van der Waals surface area (Å²) in [5, 5.41) is 1.32. The lowest BCUT2D eigenvalue weighted by Crippen LogP contribution is -2.48. The molecule has 2 heterocycles. The Hall–Kier alpha value is -2.74. The maximum absolute atomic E-state index is 12.7. The molecule has 0 atom stereocenters. The van der Waals surface area contributed by atoms with Crippen molar-refractivity contribution in [3.63, 3.8) is 0 Å². The number of benzene rings is 2. The first-order valence-corrected chi connectivity index (χ1v) is 12.1. The van der Waals surface area contributed by atoms with Gasteiger partial charge < -0.3 is 4.57 Å². The Balaban J connectivity index is 1.30. The van der Waals surface area contributed by atoms with Gasteiger partial charge >= 0.3 is 0 Å². The maximum Gasteiger partial charge on any atom is 0.236 e. The van der Waals surface area contributed by atoms with Gasteiger partial charge in [-0.1, -0.05) is 60.2 Å². The minimum absolute atomic E-state index is 0.510. The van der Waals surface area contributed by atoms with Crippen molar-refractivity contribution in [1.29, 1.82) is 0 Å². The summed E-state index contributed by atoms with van der Waals surface area (Å²) < 4.78 is 29.1. The molecule has 6 nitrogen and oxygen atoms in total. The van der Waals surface area contributed by atoms with Gasteiger partial charge in [-0.15, -0.1) is 0 Å². The second-order valence-electron chi connectivity index (χ2n) is 7.81. The van der Waals surface area contributed by atoms with Crippen molar-refractivity contribution in [2.45, 2.75) is 13.5 Å². The Morgan fingerprint density at radius 3 is 2.35 bits per heavy atom. The lowest BCUT2D eigenvalue weighted by atomic mass is 10.2. The number of hydrogen-bond donors (Lipinski definition) is 0. The number of rotatable bonds is 7. The second-order valence-corrected chi connectivity index (χ2v) is 9.63.